The zero-order valence-electron chi connectivity index (χ0n) is 14.5. The van der Waals surface area contributed by atoms with Gasteiger partial charge in [0.15, 0.2) is 0 Å². The molecule has 1 aliphatic carbocycles. The molecule has 0 spiro atoms. The van der Waals surface area contributed by atoms with Crippen molar-refractivity contribution in [3.05, 3.63) is 74.6 Å². The highest BCUT2D eigenvalue weighted by Crippen LogP contribution is 2.34. The Morgan fingerprint density at radius 1 is 1.15 bits per heavy atom. The van der Waals surface area contributed by atoms with Crippen LogP contribution in [-0.2, 0) is 19.4 Å². The number of carbonyl (C=O) groups is 1. The van der Waals surface area contributed by atoms with Gasteiger partial charge in [-0.1, -0.05) is 42.5 Å². The lowest BCUT2D eigenvalue weighted by Crippen LogP contribution is -2.27. The maximum atomic E-state index is 12.6. The Morgan fingerprint density at radius 3 is 2.93 bits per heavy atom. The summed E-state index contributed by atoms with van der Waals surface area (Å²) in [6, 6.07) is 14.1. The summed E-state index contributed by atoms with van der Waals surface area (Å²) < 4.78 is 0. The summed E-state index contributed by atoms with van der Waals surface area (Å²) in [5.74, 6) is -0.289. The van der Waals surface area contributed by atoms with Crippen molar-refractivity contribution in [1.29, 1.82) is 0 Å². The van der Waals surface area contributed by atoms with E-state index in [1.807, 2.05) is 42.5 Å². The van der Waals surface area contributed by atoms with Gasteiger partial charge in [0.2, 0.25) is 5.82 Å². The van der Waals surface area contributed by atoms with Crippen LogP contribution in [0.4, 0.5) is 0 Å². The smallest absolute Gasteiger partial charge is 0.287 e. The quantitative estimate of drug-likeness (QED) is 0.575. The minimum atomic E-state index is -0.365. The number of hydrogen-bond donors (Lipinski definition) is 2. The zero-order chi connectivity index (χ0) is 18.4. The summed E-state index contributed by atoms with van der Waals surface area (Å²) in [6.45, 7) is 0.378. The van der Waals surface area contributed by atoms with Crippen LogP contribution in [-0.4, -0.2) is 15.9 Å². The molecule has 6 heteroatoms. The normalized spacial score (nSPS) is 13.2. The van der Waals surface area contributed by atoms with Crippen LogP contribution < -0.4 is 10.9 Å². The molecule has 0 saturated heterocycles. The first-order valence-corrected chi connectivity index (χ1v) is 9.82. The Morgan fingerprint density at radius 2 is 2.00 bits per heavy atom. The van der Waals surface area contributed by atoms with Crippen molar-refractivity contribution >= 4 is 38.2 Å². The number of nitrogens with zero attached hydrogens (tertiary/aromatic N) is 1. The van der Waals surface area contributed by atoms with E-state index in [4.69, 9.17) is 0 Å². The van der Waals surface area contributed by atoms with Crippen molar-refractivity contribution in [3.63, 3.8) is 0 Å². The van der Waals surface area contributed by atoms with E-state index in [9.17, 15) is 9.59 Å². The van der Waals surface area contributed by atoms with Crippen LogP contribution in [0.1, 0.15) is 33.0 Å². The van der Waals surface area contributed by atoms with Gasteiger partial charge >= 0.3 is 0 Å². The van der Waals surface area contributed by atoms with Gasteiger partial charge in [-0.25, -0.2) is 4.98 Å². The molecule has 0 bridgehead atoms. The molecule has 134 valence electrons. The molecule has 1 aliphatic rings. The fraction of sp³-hybridized carbons (Fsp3) is 0.190. The van der Waals surface area contributed by atoms with E-state index in [-0.39, 0.29) is 17.3 Å². The summed E-state index contributed by atoms with van der Waals surface area (Å²) in [7, 11) is 0. The molecule has 2 aromatic carbocycles. The second-order valence-electron chi connectivity index (χ2n) is 6.77. The van der Waals surface area contributed by atoms with Gasteiger partial charge in [-0.2, -0.15) is 0 Å². The first kappa shape index (κ1) is 16.2. The summed E-state index contributed by atoms with van der Waals surface area (Å²) in [5, 5.41) is 5.78. The predicted molar refractivity (Wildman–Crippen MR) is 107 cm³/mol. The molecule has 0 aliphatic heterocycles. The molecule has 5 nitrogen and oxygen atoms in total. The van der Waals surface area contributed by atoms with E-state index in [1.54, 1.807) is 0 Å². The summed E-state index contributed by atoms with van der Waals surface area (Å²) in [6.07, 6.45) is 3.01. The van der Waals surface area contributed by atoms with Crippen LogP contribution in [0.15, 0.2) is 47.3 Å². The lowest BCUT2D eigenvalue weighted by atomic mass is 10.0. The van der Waals surface area contributed by atoms with Crippen molar-refractivity contribution in [2.45, 2.75) is 25.8 Å². The van der Waals surface area contributed by atoms with E-state index in [0.29, 0.717) is 16.8 Å². The highest BCUT2D eigenvalue weighted by molar-refractivity contribution is 7.18. The molecule has 0 radical (unpaired) electrons. The lowest BCUT2D eigenvalue weighted by Gasteiger charge is -2.08. The number of H-pyrrole nitrogens is 1. The molecule has 0 saturated carbocycles. The largest absolute Gasteiger partial charge is 0.345 e. The van der Waals surface area contributed by atoms with Crippen LogP contribution >= 0.6 is 11.3 Å². The third kappa shape index (κ3) is 2.73. The first-order chi connectivity index (χ1) is 13.2. The summed E-state index contributed by atoms with van der Waals surface area (Å²) in [5.41, 5.74) is 1.93. The first-order valence-electron chi connectivity index (χ1n) is 9.00. The van der Waals surface area contributed by atoms with Crippen molar-refractivity contribution in [3.8, 4) is 0 Å². The molecule has 0 fully saturated rings. The van der Waals surface area contributed by atoms with Crippen LogP contribution in [0.5, 0.6) is 0 Å². The number of aromatic nitrogens is 2. The van der Waals surface area contributed by atoms with Gasteiger partial charge < -0.3 is 10.3 Å². The number of carbonyl (C=O) groups excluding carboxylic acids is 1. The average molecular weight is 375 g/mol. The SMILES string of the molecule is O=C(NCc1cccc2ccccc12)c1nc2sc3c(c2c(=O)[nH]1)CCC3. The van der Waals surface area contributed by atoms with Crippen molar-refractivity contribution in [2.24, 2.45) is 0 Å². The molecule has 0 atom stereocenters. The van der Waals surface area contributed by atoms with Gasteiger partial charge in [0, 0.05) is 11.4 Å². The number of fused-ring (bicyclic) bond motifs is 4. The fourth-order valence-corrected chi connectivity index (χ4v) is 5.08. The average Bonchev–Trinajstić information content (AvgIpc) is 3.26. The van der Waals surface area contributed by atoms with Crippen molar-refractivity contribution in [1.82, 2.24) is 15.3 Å². The monoisotopic (exact) mass is 375 g/mol. The molecule has 2 heterocycles. The van der Waals surface area contributed by atoms with E-state index in [2.05, 4.69) is 15.3 Å². The summed E-state index contributed by atoms with van der Waals surface area (Å²) >= 11 is 1.54. The van der Waals surface area contributed by atoms with Gasteiger partial charge in [0.05, 0.1) is 5.39 Å². The minimum Gasteiger partial charge on any atom is -0.345 e. The Bertz CT molecular complexity index is 1250. The number of nitrogens with one attached hydrogen (secondary N) is 2. The number of thiophene rings is 1. The molecular weight excluding hydrogens is 358 g/mol. The molecule has 5 rings (SSSR count). The number of aryl methyl sites for hydroxylation is 2. The van der Waals surface area contributed by atoms with Gasteiger partial charge in [-0.05, 0) is 41.2 Å². The van der Waals surface area contributed by atoms with Gasteiger partial charge in [-0.15, -0.1) is 11.3 Å². The molecule has 2 aromatic heterocycles. The van der Waals surface area contributed by atoms with E-state index >= 15 is 0 Å². The molecule has 2 N–H and O–H groups in total. The number of amides is 1. The van der Waals surface area contributed by atoms with Gasteiger partial charge in [0.25, 0.3) is 11.5 Å². The summed E-state index contributed by atoms with van der Waals surface area (Å²) in [4.78, 5) is 34.1. The van der Waals surface area contributed by atoms with Crippen LogP contribution in [0, 0.1) is 0 Å². The predicted octanol–water partition coefficient (Wildman–Crippen LogP) is 3.56. The van der Waals surface area contributed by atoms with E-state index in [1.165, 1.54) is 16.2 Å². The van der Waals surface area contributed by atoms with Gasteiger partial charge in [-0.3, -0.25) is 9.59 Å². The molecule has 0 unspecified atom stereocenters. The van der Waals surface area contributed by atoms with Crippen molar-refractivity contribution in [2.75, 3.05) is 0 Å². The molecular formula is C21H17N3O2S. The number of rotatable bonds is 3. The van der Waals surface area contributed by atoms with Crippen LogP contribution in [0.3, 0.4) is 0 Å². The number of hydrogen-bond acceptors (Lipinski definition) is 4. The third-order valence-corrected chi connectivity index (χ3v) is 6.30. The van der Waals surface area contributed by atoms with Crippen molar-refractivity contribution < 1.29 is 4.79 Å². The highest BCUT2D eigenvalue weighted by atomic mass is 32.1. The van der Waals surface area contributed by atoms with Crippen LogP contribution in [0.2, 0.25) is 0 Å². The van der Waals surface area contributed by atoms with E-state index in [0.717, 1.165) is 41.2 Å². The standard InChI is InChI=1S/C21H17N3O2S/c25-19-17-15-9-4-10-16(15)27-21(17)24-18(23-19)20(26)22-11-13-7-3-6-12-5-1-2-8-14(12)13/h1-3,5-8H,4,9-11H2,(H,22,26)(H,23,24,25). The second-order valence-corrected chi connectivity index (χ2v) is 7.86. The molecule has 27 heavy (non-hydrogen) atoms. The topological polar surface area (TPSA) is 74.8 Å². The number of benzene rings is 2. The lowest BCUT2D eigenvalue weighted by molar-refractivity contribution is 0.0941. The highest BCUT2D eigenvalue weighted by Gasteiger charge is 2.22. The maximum Gasteiger partial charge on any atom is 0.287 e. The Kier molecular flexibility index (Phi) is 3.79. The Labute approximate surface area is 159 Å². The maximum absolute atomic E-state index is 12.6. The van der Waals surface area contributed by atoms with Gasteiger partial charge in [0.1, 0.15) is 4.83 Å². The Hall–Kier alpha value is -2.99. The second kappa shape index (κ2) is 6.32. The Balaban J connectivity index is 1.43. The third-order valence-electron chi connectivity index (χ3n) is 5.11. The fourth-order valence-electron chi connectivity index (χ4n) is 3.82. The zero-order valence-corrected chi connectivity index (χ0v) is 15.4. The number of aromatic amines is 1. The minimum absolute atomic E-state index is 0.0765. The van der Waals surface area contributed by atoms with Crippen LogP contribution in [0.25, 0.3) is 21.0 Å². The van der Waals surface area contributed by atoms with E-state index < -0.39 is 0 Å². The molecule has 4 aromatic rings. The molecule has 1 amide bonds.